The molecule has 9 heteroatoms. The van der Waals surface area contributed by atoms with Crippen LogP contribution in [0, 0.1) is 11.3 Å². The van der Waals surface area contributed by atoms with Crippen molar-refractivity contribution >= 4 is 26.4 Å². The molecule has 0 unspecified atom stereocenters. The lowest BCUT2D eigenvalue weighted by atomic mass is 10.1. The molecule has 8 nitrogen and oxygen atoms in total. The SMILES string of the molecule is C[C@@H]1CN(c2cnc(C#N)c3ncccc23)C[C@H](CN2CCS(=O)(=O)CC2)O1. The molecule has 4 rings (SSSR count). The van der Waals surface area contributed by atoms with E-state index in [1.807, 2.05) is 19.1 Å². The van der Waals surface area contributed by atoms with Crippen LogP contribution in [0.5, 0.6) is 0 Å². The van der Waals surface area contributed by atoms with Crippen LogP contribution in [-0.4, -0.2) is 79.7 Å². The minimum absolute atomic E-state index is 0.0214. The Labute approximate surface area is 164 Å². The summed E-state index contributed by atoms with van der Waals surface area (Å²) < 4.78 is 29.4. The van der Waals surface area contributed by atoms with Crippen LogP contribution in [0.3, 0.4) is 0 Å². The number of nitriles is 1. The fourth-order valence-electron chi connectivity index (χ4n) is 3.95. The zero-order valence-corrected chi connectivity index (χ0v) is 16.6. The average Bonchev–Trinajstić information content (AvgIpc) is 2.68. The van der Waals surface area contributed by atoms with E-state index in [9.17, 15) is 13.7 Å². The van der Waals surface area contributed by atoms with Crippen molar-refractivity contribution in [3.63, 3.8) is 0 Å². The first-order valence-electron chi connectivity index (χ1n) is 9.42. The average molecular weight is 401 g/mol. The second-order valence-corrected chi connectivity index (χ2v) is 9.73. The number of fused-ring (bicyclic) bond motifs is 1. The second kappa shape index (κ2) is 7.62. The van der Waals surface area contributed by atoms with E-state index in [1.165, 1.54) is 0 Å². The zero-order chi connectivity index (χ0) is 19.7. The summed E-state index contributed by atoms with van der Waals surface area (Å²) in [5, 5.41) is 10.2. The highest BCUT2D eigenvalue weighted by molar-refractivity contribution is 7.91. The lowest BCUT2D eigenvalue weighted by Gasteiger charge is -2.40. The first-order chi connectivity index (χ1) is 13.4. The third-order valence-corrected chi connectivity index (χ3v) is 6.90. The van der Waals surface area contributed by atoms with Crippen molar-refractivity contribution in [3.05, 3.63) is 30.2 Å². The number of nitrogens with zero attached hydrogens (tertiary/aromatic N) is 5. The van der Waals surface area contributed by atoms with Crippen LogP contribution < -0.4 is 4.90 Å². The van der Waals surface area contributed by atoms with E-state index in [4.69, 9.17) is 4.74 Å². The predicted octanol–water partition coefficient (Wildman–Crippen LogP) is 0.826. The quantitative estimate of drug-likeness (QED) is 0.746. The summed E-state index contributed by atoms with van der Waals surface area (Å²) in [5.41, 5.74) is 1.88. The molecular weight excluding hydrogens is 378 g/mol. The number of hydrogen-bond acceptors (Lipinski definition) is 8. The fourth-order valence-corrected chi connectivity index (χ4v) is 5.23. The van der Waals surface area contributed by atoms with Crippen LogP contribution in [0.1, 0.15) is 12.6 Å². The van der Waals surface area contributed by atoms with Crippen LogP contribution in [0.2, 0.25) is 0 Å². The van der Waals surface area contributed by atoms with Gasteiger partial charge in [0.15, 0.2) is 15.5 Å². The Balaban J connectivity index is 1.54. The van der Waals surface area contributed by atoms with Crippen LogP contribution >= 0.6 is 0 Å². The summed E-state index contributed by atoms with van der Waals surface area (Å²) >= 11 is 0. The number of morpholine rings is 1. The maximum absolute atomic E-state index is 11.7. The number of sulfone groups is 1. The molecule has 0 spiro atoms. The Bertz CT molecular complexity index is 1010. The normalized spacial score (nSPS) is 25.5. The highest BCUT2D eigenvalue weighted by atomic mass is 32.2. The Hall–Kier alpha value is -2.28. The van der Waals surface area contributed by atoms with Crippen molar-refractivity contribution in [2.24, 2.45) is 0 Å². The number of anilines is 1. The van der Waals surface area contributed by atoms with Gasteiger partial charge in [0.1, 0.15) is 11.6 Å². The van der Waals surface area contributed by atoms with Crippen LogP contribution in [0.25, 0.3) is 10.9 Å². The van der Waals surface area contributed by atoms with Gasteiger partial charge < -0.3 is 9.64 Å². The summed E-state index contributed by atoms with van der Waals surface area (Å²) in [6, 6.07) is 5.93. The number of hydrogen-bond donors (Lipinski definition) is 0. The van der Waals surface area contributed by atoms with Gasteiger partial charge in [-0.15, -0.1) is 0 Å². The number of rotatable bonds is 3. The number of ether oxygens (including phenoxy) is 1. The standard InChI is InChI=1S/C19H23N5O3S/c1-14-11-24(13-15(27-14)12-23-5-7-28(25,26)8-6-23)18-10-22-17(9-20)19-16(18)3-2-4-21-19/h2-4,10,14-15H,5-8,11-13H2,1H3/t14-,15+/m1/s1. The van der Waals surface area contributed by atoms with Gasteiger partial charge in [0.2, 0.25) is 0 Å². The molecule has 4 heterocycles. The van der Waals surface area contributed by atoms with Gasteiger partial charge in [-0.2, -0.15) is 5.26 Å². The Morgan fingerprint density at radius 1 is 1.29 bits per heavy atom. The maximum atomic E-state index is 11.7. The molecular formula is C19H23N5O3S. The first-order valence-corrected chi connectivity index (χ1v) is 11.2. The largest absolute Gasteiger partial charge is 0.370 e. The first kappa shape index (κ1) is 19.1. The Morgan fingerprint density at radius 3 is 2.82 bits per heavy atom. The lowest BCUT2D eigenvalue weighted by molar-refractivity contribution is -0.0312. The summed E-state index contributed by atoms with van der Waals surface area (Å²) in [4.78, 5) is 13.0. The molecule has 2 aromatic heterocycles. The molecule has 0 bridgehead atoms. The van der Waals surface area contributed by atoms with Crippen molar-refractivity contribution in [1.82, 2.24) is 14.9 Å². The second-order valence-electron chi connectivity index (χ2n) is 7.43. The number of pyridine rings is 2. The smallest absolute Gasteiger partial charge is 0.166 e. The third kappa shape index (κ3) is 3.94. The molecule has 2 atom stereocenters. The van der Waals surface area contributed by atoms with Crippen molar-refractivity contribution < 1.29 is 13.2 Å². The van der Waals surface area contributed by atoms with Crippen LogP contribution in [0.15, 0.2) is 24.5 Å². The topological polar surface area (TPSA) is 99.4 Å². The van der Waals surface area contributed by atoms with Gasteiger partial charge in [-0.3, -0.25) is 9.88 Å². The van der Waals surface area contributed by atoms with E-state index in [1.54, 1.807) is 12.4 Å². The molecule has 0 saturated carbocycles. The van der Waals surface area contributed by atoms with E-state index in [-0.39, 0.29) is 23.7 Å². The molecule has 2 aliphatic rings. The van der Waals surface area contributed by atoms with Gasteiger partial charge in [-0.05, 0) is 19.1 Å². The lowest BCUT2D eigenvalue weighted by Crippen LogP contribution is -2.53. The maximum Gasteiger partial charge on any atom is 0.166 e. The summed E-state index contributed by atoms with van der Waals surface area (Å²) in [7, 11) is -2.89. The van der Waals surface area contributed by atoms with E-state index >= 15 is 0 Å². The fraction of sp³-hybridized carbons (Fsp3) is 0.526. The molecule has 2 aromatic rings. The summed E-state index contributed by atoms with van der Waals surface area (Å²) in [6.45, 7) is 5.27. The van der Waals surface area contributed by atoms with Gasteiger partial charge in [-0.1, -0.05) is 0 Å². The summed E-state index contributed by atoms with van der Waals surface area (Å²) in [5.74, 6) is 0.434. The molecule has 0 aliphatic carbocycles. The highest BCUT2D eigenvalue weighted by Gasteiger charge is 2.30. The minimum atomic E-state index is -2.89. The molecule has 28 heavy (non-hydrogen) atoms. The Kier molecular flexibility index (Phi) is 5.19. The van der Waals surface area contributed by atoms with E-state index in [0.29, 0.717) is 37.4 Å². The molecule has 0 N–H and O–H groups in total. The molecule has 2 aliphatic heterocycles. The van der Waals surface area contributed by atoms with Crippen molar-refractivity contribution in [3.8, 4) is 6.07 Å². The van der Waals surface area contributed by atoms with Crippen molar-refractivity contribution in [2.75, 3.05) is 49.1 Å². The Morgan fingerprint density at radius 2 is 2.07 bits per heavy atom. The van der Waals surface area contributed by atoms with Gasteiger partial charge in [0.05, 0.1) is 35.6 Å². The summed E-state index contributed by atoms with van der Waals surface area (Å²) in [6.07, 6.45) is 3.43. The van der Waals surface area contributed by atoms with E-state index in [0.717, 1.165) is 17.6 Å². The van der Waals surface area contributed by atoms with Gasteiger partial charge in [0, 0.05) is 44.3 Å². The van der Waals surface area contributed by atoms with Crippen LogP contribution in [-0.2, 0) is 14.6 Å². The van der Waals surface area contributed by atoms with Gasteiger partial charge >= 0.3 is 0 Å². The monoisotopic (exact) mass is 401 g/mol. The zero-order valence-electron chi connectivity index (χ0n) is 15.8. The number of aromatic nitrogens is 2. The van der Waals surface area contributed by atoms with E-state index < -0.39 is 9.84 Å². The van der Waals surface area contributed by atoms with Gasteiger partial charge in [-0.25, -0.2) is 13.4 Å². The van der Waals surface area contributed by atoms with E-state index in [2.05, 4.69) is 25.8 Å². The van der Waals surface area contributed by atoms with Crippen molar-refractivity contribution in [2.45, 2.75) is 19.1 Å². The van der Waals surface area contributed by atoms with Crippen LogP contribution in [0.4, 0.5) is 5.69 Å². The minimum Gasteiger partial charge on any atom is -0.370 e. The molecule has 148 valence electrons. The van der Waals surface area contributed by atoms with Crippen molar-refractivity contribution in [1.29, 1.82) is 5.26 Å². The molecule has 2 fully saturated rings. The highest BCUT2D eigenvalue weighted by Crippen LogP contribution is 2.29. The molecule has 0 radical (unpaired) electrons. The molecule has 2 saturated heterocycles. The molecule has 0 aromatic carbocycles. The third-order valence-electron chi connectivity index (χ3n) is 5.30. The predicted molar refractivity (Wildman–Crippen MR) is 106 cm³/mol. The van der Waals surface area contributed by atoms with Gasteiger partial charge in [0.25, 0.3) is 0 Å². The molecule has 0 amide bonds.